The van der Waals surface area contributed by atoms with Crippen LogP contribution in [0.1, 0.15) is 50.2 Å². The molecule has 0 amide bonds. The van der Waals surface area contributed by atoms with Crippen molar-refractivity contribution in [1.29, 1.82) is 0 Å². The van der Waals surface area contributed by atoms with Gasteiger partial charge in [-0.1, -0.05) is 18.2 Å². The molecule has 1 aromatic carbocycles. The topological polar surface area (TPSA) is 59.7 Å². The molecule has 1 atom stereocenters. The molecular formula is C25H28N6. The molecule has 0 bridgehead atoms. The summed E-state index contributed by atoms with van der Waals surface area (Å²) < 4.78 is 2.38. The molecule has 0 radical (unpaired) electrons. The Morgan fingerprint density at radius 2 is 1.84 bits per heavy atom. The van der Waals surface area contributed by atoms with Gasteiger partial charge in [0.25, 0.3) is 0 Å². The molecule has 1 fully saturated rings. The van der Waals surface area contributed by atoms with Gasteiger partial charge in [0.05, 0.1) is 17.6 Å². The SMILES string of the molecule is CC(C)n1c(CN2CCCC(c3ccc(-c4cncnc4)cn3)C2)nc2ccccc21. The number of para-hydroxylation sites is 2. The number of nitrogens with zero attached hydrogens (tertiary/aromatic N) is 6. The number of hydrogen-bond donors (Lipinski definition) is 0. The van der Waals surface area contributed by atoms with Crippen molar-refractivity contribution in [1.82, 2.24) is 29.4 Å². The average Bonchev–Trinajstić information content (AvgIpc) is 3.18. The first-order valence-electron chi connectivity index (χ1n) is 11.1. The molecule has 0 aliphatic carbocycles. The number of fused-ring (bicyclic) bond motifs is 1. The minimum absolute atomic E-state index is 0.388. The van der Waals surface area contributed by atoms with Crippen molar-refractivity contribution in [2.45, 2.75) is 45.2 Å². The van der Waals surface area contributed by atoms with Crippen LogP contribution in [-0.2, 0) is 6.54 Å². The van der Waals surface area contributed by atoms with Crippen molar-refractivity contribution < 1.29 is 0 Å². The minimum Gasteiger partial charge on any atom is -0.324 e. The second-order valence-corrected chi connectivity index (χ2v) is 8.65. The Kier molecular flexibility index (Phi) is 5.47. The molecule has 3 aromatic heterocycles. The van der Waals surface area contributed by atoms with Gasteiger partial charge < -0.3 is 4.57 Å². The third-order valence-corrected chi connectivity index (χ3v) is 6.15. The summed E-state index contributed by atoms with van der Waals surface area (Å²) in [6, 6.07) is 13.1. The number of rotatable bonds is 5. The Bertz CT molecular complexity index is 1150. The van der Waals surface area contributed by atoms with Crippen LogP contribution in [0, 0.1) is 0 Å². The largest absolute Gasteiger partial charge is 0.324 e. The highest BCUT2D eigenvalue weighted by atomic mass is 15.2. The second kappa shape index (κ2) is 8.55. The predicted octanol–water partition coefficient (Wildman–Crippen LogP) is 4.85. The summed E-state index contributed by atoms with van der Waals surface area (Å²) in [7, 11) is 0. The van der Waals surface area contributed by atoms with Crippen LogP contribution < -0.4 is 0 Å². The van der Waals surface area contributed by atoms with Gasteiger partial charge in [-0.3, -0.25) is 9.88 Å². The van der Waals surface area contributed by atoms with Crippen LogP contribution in [0.5, 0.6) is 0 Å². The Labute approximate surface area is 183 Å². The fraction of sp³-hybridized carbons (Fsp3) is 0.360. The number of aromatic nitrogens is 5. The van der Waals surface area contributed by atoms with Crippen LogP contribution in [0.4, 0.5) is 0 Å². The Morgan fingerprint density at radius 1 is 1.00 bits per heavy atom. The summed E-state index contributed by atoms with van der Waals surface area (Å²) in [5.74, 6) is 1.61. The summed E-state index contributed by atoms with van der Waals surface area (Å²) in [5.41, 5.74) is 5.54. The molecule has 31 heavy (non-hydrogen) atoms. The lowest BCUT2D eigenvalue weighted by Crippen LogP contribution is -2.35. The van der Waals surface area contributed by atoms with Crippen molar-refractivity contribution >= 4 is 11.0 Å². The van der Waals surface area contributed by atoms with Gasteiger partial charge in [-0.05, 0) is 51.4 Å². The fourth-order valence-corrected chi connectivity index (χ4v) is 4.69. The van der Waals surface area contributed by atoms with E-state index in [0.717, 1.165) is 42.1 Å². The number of likely N-dealkylation sites (tertiary alicyclic amines) is 1. The molecule has 1 unspecified atom stereocenters. The van der Waals surface area contributed by atoms with E-state index in [1.165, 1.54) is 24.1 Å². The Balaban J connectivity index is 1.33. The molecule has 4 aromatic rings. The smallest absolute Gasteiger partial charge is 0.124 e. The number of hydrogen-bond acceptors (Lipinski definition) is 5. The minimum atomic E-state index is 0.388. The van der Waals surface area contributed by atoms with E-state index in [1.807, 2.05) is 18.6 Å². The van der Waals surface area contributed by atoms with E-state index in [2.05, 4.69) is 69.7 Å². The van der Waals surface area contributed by atoms with Gasteiger partial charge in [0.15, 0.2) is 0 Å². The van der Waals surface area contributed by atoms with Crippen LogP contribution in [0.15, 0.2) is 61.3 Å². The van der Waals surface area contributed by atoms with E-state index >= 15 is 0 Å². The zero-order valence-electron chi connectivity index (χ0n) is 18.1. The van der Waals surface area contributed by atoms with Crippen molar-refractivity contribution in [3.8, 4) is 11.1 Å². The highest BCUT2D eigenvalue weighted by molar-refractivity contribution is 5.76. The predicted molar refractivity (Wildman–Crippen MR) is 123 cm³/mol. The lowest BCUT2D eigenvalue weighted by atomic mass is 9.93. The molecule has 158 valence electrons. The summed E-state index contributed by atoms with van der Waals surface area (Å²) in [6.07, 6.45) is 9.51. The number of pyridine rings is 1. The first kappa shape index (κ1) is 19.8. The maximum Gasteiger partial charge on any atom is 0.124 e. The van der Waals surface area contributed by atoms with Gasteiger partial charge in [-0.15, -0.1) is 0 Å². The van der Waals surface area contributed by atoms with E-state index in [0.29, 0.717) is 12.0 Å². The lowest BCUT2D eigenvalue weighted by molar-refractivity contribution is 0.191. The molecule has 0 saturated carbocycles. The highest BCUT2D eigenvalue weighted by Gasteiger charge is 2.24. The zero-order valence-corrected chi connectivity index (χ0v) is 18.1. The number of imidazole rings is 1. The normalized spacial score (nSPS) is 17.5. The third-order valence-electron chi connectivity index (χ3n) is 6.15. The van der Waals surface area contributed by atoms with E-state index < -0.39 is 0 Å². The van der Waals surface area contributed by atoms with Gasteiger partial charge in [0.1, 0.15) is 12.2 Å². The molecule has 1 aliphatic heterocycles. The Morgan fingerprint density at radius 3 is 2.61 bits per heavy atom. The van der Waals surface area contributed by atoms with Crippen LogP contribution in [0.2, 0.25) is 0 Å². The molecular weight excluding hydrogens is 384 g/mol. The van der Waals surface area contributed by atoms with Crippen LogP contribution in [-0.4, -0.2) is 42.5 Å². The number of piperidine rings is 1. The summed E-state index contributed by atoms with van der Waals surface area (Å²) in [4.78, 5) is 20.5. The van der Waals surface area contributed by atoms with Gasteiger partial charge in [-0.2, -0.15) is 0 Å². The molecule has 6 heteroatoms. The quantitative estimate of drug-likeness (QED) is 0.469. The van der Waals surface area contributed by atoms with E-state index in [1.54, 1.807) is 6.33 Å². The molecule has 1 aliphatic rings. The lowest BCUT2D eigenvalue weighted by Gasteiger charge is -2.32. The summed E-state index contributed by atoms with van der Waals surface area (Å²) in [5, 5.41) is 0. The van der Waals surface area contributed by atoms with E-state index in [9.17, 15) is 0 Å². The third kappa shape index (κ3) is 4.08. The maximum atomic E-state index is 4.96. The first-order chi connectivity index (χ1) is 15.2. The Hall–Kier alpha value is -3.12. The standard InChI is InChI=1S/C25H28N6/c1-18(2)31-24-8-4-3-7-23(24)29-25(31)16-30-11-5-6-20(15-30)22-10-9-19(14-28-22)21-12-26-17-27-13-21/h3-4,7-10,12-14,17-18,20H,5-6,11,15-16H2,1-2H3. The maximum absolute atomic E-state index is 4.96. The van der Waals surface area contributed by atoms with Crippen molar-refractivity contribution in [2.24, 2.45) is 0 Å². The molecule has 0 N–H and O–H groups in total. The van der Waals surface area contributed by atoms with Gasteiger partial charge in [-0.25, -0.2) is 15.0 Å². The molecule has 4 heterocycles. The molecule has 5 rings (SSSR count). The summed E-state index contributed by atoms with van der Waals surface area (Å²) in [6.45, 7) is 7.47. The van der Waals surface area contributed by atoms with E-state index in [4.69, 9.17) is 9.97 Å². The fourth-order valence-electron chi connectivity index (χ4n) is 4.69. The highest BCUT2D eigenvalue weighted by Crippen LogP contribution is 2.29. The summed E-state index contributed by atoms with van der Waals surface area (Å²) >= 11 is 0. The average molecular weight is 413 g/mol. The first-order valence-corrected chi connectivity index (χ1v) is 11.1. The van der Waals surface area contributed by atoms with Gasteiger partial charge in [0, 0.05) is 53.9 Å². The van der Waals surface area contributed by atoms with Crippen molar-refractivity contribution in [3.63, 3.8) is 0 Å². The molecule has 1 saturated heterocycles. The van der Waals surface area contributed by atoms with Gasteiger partial charge >= 0.3 is 0 Å². The van der Waals surface area contributed by atoms with Crippen LogP contribution in [0.25, 0.3) is 22.2 Å². The molecule has 6 nitrogen and oxygen atoms in total. The molecule has 0 spiro atoms. The second-order valence-electron chi connectivity index (χ2n) is 8.65. The number of benzene rings is 1. The zero-order chi connectivity index (χ0) is 21.2. The van der Waals surface area contributed by atoms with Crippen LogP contribution >= 0.6 is 0 Å². The van der Waals surface area contributed by atoms with E-state index in [-0.39, 0.29) is 0 Å². The van der Waals surface area contributed by atoms with Gasteiger partial charge in [0.2, 0.25) is 0 Å². The van der Waals surface area contributed by atoms with Crippen molar-refractivity contribution in [3.05, 3.63) is 72.8 Å². The van der Waals surface area contributed by atoms with Crippen molar-refractivity contribution in [2.75, 3.05) is 13.1 Å². The monoisotopic (exact) mass is 412 g/mol. The van der Waals surface area contributed by atoms with Crippen LogP contribution in [0.3, 0.4) is 0 Å².